The fourth-order valence-corrected chi connectivity index (χ4v) is 6.14. The second-order valence-corrected chi connectivity index (χ2v) is 12.2. The molecule has 4 heterocycles. The molecule has 2 N–H and O–H groups in total. The molecule has 6 rings (SSSR count). The van der Waals surface area contributed by atoms with Crippen LogP contribution in [0.1, 0.15) is 68.4 Å². The minimum Gasteiger partial charge on any atom is -0.458 e. The molecule has 0 saturated carbocycles. The molecule has 3 aliphatic rings. The first-order chi connectivity index (χ1) is 20.3. The minimum atomic E-state index is -1.89. The normalized spacial score (nSPS) is 18.3. The molecule has 0 fully saturated rings. The summed E-state index contributed by atoms with van der Waals surface area (Å²) in [5.41, 5.74) is 3.06. The summed E-state index contributed by atoms with van der Waals surface area (Å²) in [6.45, 7) is 10.4. The van der Waals surface area contributed by atoms with Gasteiger partial charge in [-0.2, -0.15) is 0 Å². The van der Waals surface area contributed by atoms with Crippen molar-refractivity contribution >= 4 is 34.6 Å². The maximum Gasteiger partial charge on any atom is 0.411 e. The first-order valence-corrected chi connectivity index (χ1v) is 14.3. The van der Waals surface area contributed by atoms with Crippen LogP contribution in [0.2, 0.25) is 0 Å². The van der Waals surface area contributed by atoms with Crippen LogP contribution in [0.3, 0.4) is 0 Å². The van der Waals surface area contributed by atoms with Gasteiger partial charge in [0.25, 0.3) is 5.56 Å². The molecule has 11 nitrogen and oxygen atoms in total. The molecule has 3 aromatic rings. The van der Waals surface area contributed by atoms with Gasteiger partial charge < -0.3 is 23.9 Å². The van der Waals surface area contributed by atoms with Crippen molar-refractivity contribution in [3.05, 3.63) is 68.5 Å². The van der Waals surface area contributed by atoms with Crippen molar-refractivity contribution in [2.75, 3.05) is 11.9 Å². The van der Waals surface area contributed by atoms with E-state index < -0.39 is 29.2 Å². The van der Waals surface area contributed by atoms with Crippen molar-refractivity contribution in [3.63, 3.8) is 0 Å². The Morgan fingerprint density at radius 2 is 1.91 bits per heavy atom. The van der Waals surface area contributed by atoms with Crippen molar-refractivity contribution in [2.24, 2.45) is 0 Å². The molecule has 1 aliphatic carbocycles. The molecular weight excluding hydrogens is 554 g/mol. The Hall–Kier alpha value is -4.51. The first-order valence-electron chi connectivity index (χ1n) is 14.3. The predicted octanol–water partition coefficient (Wildman–Crippen LogP) is 4.01. The van der Waals surface area contributed by atoms with Gasteiger partial charge in [0.1, 0.15) is 18.8 Å². The molecule has 2 aromatic heterocycles. The van der Waals surface area contributed by atoms with E-state index in [1.54, 1.807) is 44.4 Å². The summed E-state index contributed by atoms with van der Waals surface area (Å²) in [7, 11) is 0. The van der Waals surface area contributed by atoms with Gasteiger partial charge in [-0.15, -0.1) is 0 Å². The van der Waals surface area contributed by atoms with Crippen LogP contribution in [0.5, 0.6) is 0 Å². The van der Waals surface area contributed by atoms with Gasteiger partial charge in [-0.25, -0.2) is 19.4 Å². The lowest BCUT2D eigenvalue weighted by atomic mass is 9.85. The molecular formula is C32H33N3O8. The Bertz CT molecular complexity index is 1820. The van der Waals surface area contributed by atoms with Crippen LogP contribution in [0.15, 0.2) is 35.1 Å². The lowest BCUT2D eigenvalue weighted by Gasteiger charge is -2.31. The molecule has 224 valence electrons. The van der Waals surface area contributed by atoms with E-state index in [4.69, 9.17) is 19.2 Å². The molecule has 0 unspecified atom stereocenters. The fraction of sp³-hybridized carbons (Fsp3) is 0.406. The molecule has 0 spiro atoms. The molecule has 43 heavy (non-hydrogen) atoms. The van der Waals surface area contributed by atoms with E-state index in [-0.39, 0.29) is 41.9 Å². The lowest BCUT2D eigenvalue weighted by molar-refractivity contribution is -0.172. The third kappa shape index (κ3) is 4.68. The highest BCUT2D eigenvalue weighted by molar-refractivity contribution is 5.98. The number of hydrogen-bond acceptors (Lipinski definition) is 9. The predicted molar refractivity (Wildman–Crippen MR) is 157 cm³/mol. The number of pyridine rings is 2. The average molecular weight is 588 g/mol. The van der Waals surface area contributed by atoms with Crippen molar-refractivity contribution in [3.8, 4) is 11.4 Å². The summed E-state index contributed by atoms with van der Waals surface area (Å²) in [5.74, 6) is -1.39. The van der Waals surface area contributed by atoms with Crippen molar-refractivity contribution in [2.45, 2.75) is 77.7 Å². The minimum absolute atomic E-state index is 0.0248. The van der Waals surface area contributed by atoms with Crippen molar-refractivity contribution in [1.82, 2.24) is 9.55 Å². The average Bonchev–Trinajstić information content (AvgIpc) is 3.33. The van der Waals surface area contributed by atoms with Crippen LogP contribution in [-0.2, 0) is 55.4 Å². The van der Waals surface area contributed by atoms with Crippen molar-refractivity contribution in [1.29, 1.82) is 0 Å². The topological polar surface area (TPSA) is 146 Å². The van der Waals surface area contributed by atoms with E-state index in [2.05, 4.69) is 11.9 Å². The van der Waals surface area contributed by atoms with E-state index in [0.29, 0.717) is 35.6 Å². The zero-order chi connectivity index (χ0) is 30.8. The Balaban J connectivity index is 1.33. The molecule has 1 atom stereocenters. The molecule has 0 bridgehead atoms. The van der Waals surface area contributed by atoms with E-state index in [0.717, 1.165) is 34.9 Å². The Labute approximate surface area is 247 Å². The van der Waals surface area contributed by atoms with Gasteiger partial charge in [-0.3, -0.25) is 10.1 Å². The van der Waals surface area contributed by atoms with E-state index in [1.807, 2.05) is 6.07 Å². The summed E-state index contributed by atoms with van der Waals surface area (Å²) < 4.78 is 17.3. The molecule has 1 aromatic carbocycles. The van der Waals surface area contributed by atoms with Gasteiger partial charge in [0.05, 0.1) is 34.6 Å². The first kappa shape index (κ1) is 28.6. The maximum atomic E-state index is 13.6. The molecule has 0 saturated heterocycles. The number of aromatic nitrogens is 2. The van der Waals surface area contributed by atoms with Gasteiger partial charge >= 0.3 is 18.0 Å². The zero-order valence-electron chi connectivity index (χ0n) is 24.6. The van der Waals surface area contributed by atoms with Gasteiger partial charge in [0.15, 0.2) is 5.60 Å². The molecule has 1 amide bonds. The smallest absolute Gasteiger partial charge is 0.411 e. The number of amides is 1. The third-order valence-electron chi connectivity index (χ3n) is 8.23. The number of carbonyl (C=O) groups excluding carboxylic acids is 3. The monoisotopic (exact) mass is 587 g/mol. The maximum absolute atomic E-state index is 13.6. The number of cyclic esters (lactones) is 1. The molecule has 11 heteroatoms. The van der Waals surface area contributed by atoms with E-state index in [9.17, 15) is 24.3 Å². The molecule has 2 aliphatic heterocycles. The number of aliphatic hydroxyl groups is 1. The van der Waals surface area contributed by atoms with Crippen molar-refractivity contribution < 1.29 is 33.7 Å². The van der Waals surface area contributed by atoms with Crippen LogP contribution >= 0.6 is 0 Å². The number of esters is 2. The number of nitrogens with zero attached hydrogens (tertiary/aromatic N) is 2. The highest BCUT2D eigenvalue weighted by Crippen LogP contribution is 2.43. The summed E-state index contributed by atoms with van der Waals surface area (Å²) in [6.07, 6.45) is 1.63. The number of anilines is 1. The van der Waals surface area contributed by atoms with Crippen LogP contribution in [-0.4, -0.2) is 44.9 Å². The third-order valence-corrected chi connectivity index (χ3v) is 8.23. The van der Waals surface area contributed by atoms with Gasteiger partial charge in [0.2, 0.25) is 0 Å². The van der Waals surface area contributed by atoms with E-state index in [1.165, 1.54) is 0 Å². The second-order valence-electron chi connectivity index (χ2n) is 12.2. The summed E-state index contributed by atoms with van der Waals surface area (Å²) in [4.78, 5) is 55.9. The van der Waals surface area contributed by atoms with Gasteiger partial charge in [-0.05, 0) is 75.8 Å². The SMILES string of the molecule is C=C(COC(=O)Nc1ccc2nc3c(c4c2c1CCC4)Cn1c-3cc2c(c1=O)COC(=O)[C@]2(O)CC)C(=O)OC(C)(C)C. The standard InChI is InChI=1S/C32H33N3O8/c1-6-32(40)21-12-24-26-19(13-35(24)27(36)20(21)15-41-29(32)38)17-8-7-9-18-22(10-11-23(33-26)25(17)18)34-30(39)42-14-16(2)28(37)43-31(3,4)5/h10-12,40H,2,6-9,13-15H2,1,3-5H3,(H,34,39)/t32-/m0/s1. The number of ether oxygens (including phenoxy) is 3. The lowest BCUT2D eigenvalue weighted by Crippen LogP contribution is -2.44. The second kappa shape index (κ2) is 10.0. The van der Waals surface area contributed by atoms with Gasteiger partial charge in [0, 0.05) is 22.2 Å². The highest BCUT2D eigenvalue weighted by Gasteiger charge is 2.45. The van der Waals surface area contributed by atoms with Crippen LogP contribution in [0, 0.1) is 0 Å². The molecule has 0 radical (unpaired) electrons. The number of rotatable bonds is 5. The summed E-state index contributed by atoms with van der Waals surface area (Å²) in [5, 5.41) is 14.9. The Morgan fingerprint density at radius 1 is 1.16 bits per heavy atom. The fourth-order valence-electron chi connectivity index (χ4n) is 6.14. The van der Waals surface area contributed by atoms with E-state index >= 15 is 0 Å². The Morgan fingerprint density at radius 3 is 2.63 bits per heavy atom. The zero-order valence-corrected chi connectivity index (χ0v) is 24.6. The Kier molecular flexibility index (Phi) is 6.68. The summed E-state index contributed by atoms with van der Waals surface area (Å²) >= 11 is 0. The number of aryl methyl sites for hydroxylation is 2. The summed E-state index contributed by atoms with van der Waals surface area (Å²) in [6, 6.07) is 5.28. The number of fused-ring (bicyclic) bond motifs is 5. The van der Waals surface area contributed by atoms with Crippen LogP contribution < -0.4 is 10.9 Å². The quantitative estimate of drug-likeness (QED) is 0.201. The van der Waals surface area contributed by atoms with Crippen LogP contribution in [0.25, 0.3) is 22.3 Å². The number of benzene rings is 1. The highest BCUT2D eigenvalue weighted by atomic mass is 16.6. The number of carbonyl (C=O) groups is 3. The largest absolute Gasteiger partial charge is 0.458 e. The van der Waals surface area contributed by atoms with Gasteiger partial charge in [-0.1, -0.05) is 13.5 Å². The number of hydrogen-bond donors (Lipinski definition) is 2. The number of nitrogens with one attached hydrogen (secondary N) is 1. The van der Waals surface area contributed by atoms with Crippen LogP contribution in [0.4, 0.5) is 10.5 Å².